The van der Waals surface area contributed by atoms with E-state index in [4.69, 9.17) is 4.74 Å². The van der Waals surface area contributed by atoms with Crippen LogP contribution in [0.5, 0.6) is 5.75 Å². The highest BCUT2D eigenvalue weighted by Gasteiger charge is 2.24. The highest BCUT2D eigenvalue weighted by atomic mass is 79.9. The summed E-state index contributed by atoms with van der Waals surface area (Å²) < 4.78 is 6.97. The fourth-order valence-electron chi connectivity index (χ4n) is 3.40. The average molecular weight is 416 g/mol. The van der Waals surface area contributed by atoms with Crippen molar-refractivity contribution in [2.45, 2.75) is 38.6 Å². The van der Waals surface area contributed by atoms with Crippen LogP contribution in [0, 0.1) is 0 Å². The first-order valence-electron chi connectivity index (χ1n) is 9.44. The van der Waals surface area contributed by atoms with Gasteiger partial charge in [0.05, 0.1) is 0 Å². The fraction of sp³-hybridized carbons (Fsp3) is 0.409. The lowest BCUT2D eigenvalue weighted by Gasteiger charge is -2.24. The predicted octanol–water partition coefficient (Wildman–Crippen LogP) is 5.32. The van der Waals surface area contributed by atoms with Gasteiger partial charge in [-0.2, -0.15) is 0 Å². The molecule has 26 heavy (non-hydrogen) atoms. The van der Waals surface area contributed by atoms with Crippen molar-refractivity contribution in [3.8, 4) is 5.75 Å². The van der Waals surface area contributed by atoms with Gasteiger partial charge in [-0.1, -0.05) is 29.3 Å². The zero-order valence-corrected chi connectivity index (χ0v) is 16.9. The molecule has 1 aliphatic heterocycles. The van der Waals surface area contributed by atoms with E-state index in [1.165, 1.54) is 38.8 Å². The smallest absolute Gasteiger partial charge is 0.193 e. The molecule has 0 unspecified atom stereocenters. The molecule has 138 valence electrons. The lowest BCUT2D eigenvalue weighted by Crippen LogP contribution is -2.34. The molecule has 1 fully saturated rings. The molecular weight excluding hydrogens is 390 g/mol. The molecule has 0 aliphatic carbocycles. The van der Waals surface area contributed by atoms with Crippen LogP contribution in [0.4, 0.5) is 0 Å². The number of nitrogens with zero attached hydrogens (tertiary/aromatic N) is 1. The lowest BCUT2D eigenvalue weighted by molar-refractivity contribution is 0.103. The van der Waals surface area contributed by atoms with Gasteiger partial charge < -0.3 is 4.74 Å². The fourth-order valence-corrected chi connectivity index (χ4v) is 3.67. The molecule has 3 nitrogen and oxygen atoms in total. The lowest BCUT2D eigenvalue weighted by atomic mass is 10.0. The van der Waals surface area contributed by atoms with Gasteiger partial charge in [-0.3, -0.25) is 9.69 Å². The summed E-state index contributed by atoms with van der Waals surface area (Å²) in [6.07, 6.45) is 4.96. The zero-order chi connectivity index (χ0) is 18.4. The van der Waals surface area contributed by atoms with Crippen molar-refractivity contribution in [3.63, 3.8) is 0 Å². The summed E-state index contributed by atoms with van der Waals surface area (Å²) >= 11 is 3.39. The van der Waals surface area contributed by atoms with Crippen LogP contribution in [0.1, 0.15) is 48.5 Å². The van der Waals surface area contributed by atoms with Crippen molar-refractivity contribution in [2.75, 3.05) is 19.7 Å². The van der Waals surface area contributed by atoms with Gasteiger partial charge in [0, 0.05) is 21.6 Å². The van der Waals surface area contributed by atoms with Crippen molar-refractivity contribution in [2.24, 2.45) is 0 Å². The average Bonchev–Trinajstić information content (AvgIpc) is 3.12. The van der Waals surface area contributed by atoms with Gasteiger partial charge in [-0.05, 0) is 80.9 Å². The van der Waals surface area contributed by atoms with Crippen molar-refractivity contribution < 1.29 is 9.53 Å². The second-order valence-corrected chi connectivity index (χ2v) is 7.77. The number of hydrogen-bond acceptors (Lipinski definition) is 3. The van der Waals surface area contributed by atoms with Gasteiger partial charge in [0.2, 0.25) is 0 Å². The zero-order valence-electron chi connectivity index (χ0n) is 15.3. The molecular formula is C22H26BrNO2. The molecule has 3 rings (SSSR count). The molecule has 0 spiro atoms. The molecule has 0 bridgehead atoms. The second-order valence-electron chi connectivity index (χ2n) is 6.86. The molecule has 1 heterocycles. The number of ether oxygens (including phenoxy) is 1. The monoisotopic (exact) mass is 415 g/mol. The Labute approximate surface area is 164 Å². The third kappa shape index (κ3) is 4.95. The van der Waals surface area contributed by atoms with Crippen molar-refractivity contribution in [3.05, 3.63) is 64.1 Å². The van der Waals surface area contributed by atoms with E-state index in [1.807, 2.05) is 48.5 Å². The third-order valence-electron chi connectivity index (χ3n) is 4.96. The number of carbonyl (C=O) groups is 1. The maximum Gasteiger partial charge on any atom is 0.193 e. The molecule has 0 saturated carbocycles. The molecule has 0 aromatic heterocycles. The summed E-state index contributed by atoms with van der Waals surface area (Å²) in [5.41, 5.74) is 1.38. The number of halogens is 1. The molecule has 0 N–H and O–H groups in total. The molecule has 1 atom stereocenters. The Morgan fingerprint density at radius 1 is 1.12 bits per heavy atom. The van der Waals surface area contributed by atoms with Crippen LogP contribution < -0.4 is 4.74 Å². The molecule has 2 aromatic rings. The summed E-state index contributed by atoms with van der Waals surface area (Å²) in [5, 5.41) is 0. The van der Waals surface area contributed by atoms with E-state index in [2.05, 4.69) is 27.8 Å². The number of ketones is 1. The summed E-state index contributed by atoms with van der Waals surface area (Å²) in [7, 11) is 0. The minimum absolute atomic E-state index is 0.0329. The highest BCUT2D eigenvalue weighted by molar-refractivity contribution is 9.10. The van der Waals surface area contributed by atoms with Crippen molar-refractivity contribution >= 4 is 21.7 Å². The van der Waals surface area contributed by atoms with Crippen LogP contribution >= 0.6 is 15.9 Å². The van der Waals surface area contributed by atoms with Gasteiger partial charge in [0.15, 0.2) is 5.78 Å². The van der Waals surface area contributed by atoms with Gasteiger partial charge in [-0.15, -0.1) is 0 Å². The largest absolute Gasteiger partial charge is 0.492 e. The first-order chi connectivity index (χ1) is 12.7. The Morgan fingerprint density at radius 3 is 2.42 bits per heavy atom. The quantitative estimate of drug-likeness (QED) is 0.546. The van der Waals surface area contributed by atoms with E-state index in [0.29, 0.717) is 17.2 Å². The third-order valence-corrected chi connectivity index (χ3v) is 5.49. The first kappa shape index (κ1) is 19.1. The minimum Gasteiger partial charge on any atom is -0.492 e. The molecule has 1 aliphatic rings. The summed E-state index contributed by atoms with van der Waals surface area (Å²) in [5.74, 6) is 0.866. The van der Waals surface area contributed by atoms with E-state index in [-0.39, 0.29) is 5.78 Å². The highest BCUT2D eigenvalue weighted by Crippen LogP contribution is 2.21. The van der Waals surface area contributed by atoms with Crippen LogP contribution in [-0.4, -0.2) is 36.4 Å². The Hall–Kier alpha value is -1.65. The number of carbonyl (C=O) groups excluding carboxylic acids is 1. The van der Waals surface area contributed by atoms with E-state index < -0.39 is 0 Å². The Morgan fingerprint density at radius 2 is 1.77 bits per heavy atom. The van der Waals surface area contributed by atoms with Crippen LogP contribution in [0.25, 0.3) is 0 Å². The Kier molecular flexibility index (Phi) is 6.86. The summed E-state index contributed by atoms with van der Waals surface area (Å²) in [4.78, 5) is 15.1. The number of hydrogen-bond donors (Lipinski definition) is 0. The van der Waals surface area contributed by atoms with Crippen LogP contribution in [-0.2, 0) is 0 Å². The number of rotatable bonds is 8. The van der Waals surface area contributed by atoms with Gasteiger partial charge in [-0.25, -0.2) is 0 Å². The topological polar surface area (TPSA) is 29.5 Å². The van der Waals surface area contributed by atoms with E-state index in [1.54, 1.807) is 0 Å². The number of likely N-dealkylation sites (tertiary alicyclic amines) is 1. The van der Waals surface area contributed by atoms with Gasteiger partial charge >= 0.3 is 0 Å². The Balaban J connectivity index is 1.56. The molecule has 1 saturated heterocycles. The van der Waals surface area contributed by atoms with Crippen LogP contribution in [0.3, 0.4) is 0 Å². The molecule has 0 radical (unpaired) electrons. The number of unbranched alkanes of at least 4 members (excludes halogenated alkanes) is 1. The normalized spacial score (nSPS) is 17.4. The predicted molar refractivity (Wildman–Crippen MR) is 109 cm³/mol. The van der Waals surface area contributed by atoms with Crippen LogP contribution in [0.2, 0.25) is 0 Å². The van der Waals surface area contributed by atoms with E-state index in [9.17, 15) is 4.79 Å². The standard InChI is InChI=1S/C22H26BrNO2/c1-2-3-14-24-15-4-5-20(24)16-26-21-12-8-18(9-13-21)22(25)17-6-10-19(23)11-7-17/h6-13,20H,2-5,14-16H2,1H3/t20-/m1/s1. The summed E-state index contributed by atoms with van der Waals surface area (Å²) in [6.45, 7) is 5.32. The van der Waals surface area contributed by atoms with Gasteiger partial charge in [0.1, 0.15) is 12.4 Å². The second kappa shape index (κ2) is 9.33. The maximum absolute atomic E-state index is 12.5. The molecule has 2 aromatic carbocycles. The molecule has 0 amide bonds. The van der Waals surface area contributed by atoms with E-state index in [0.717, 1.165) is 16.8 Å². The first-order valence-corrected chi connectivity index (χ1v) is 10.2. The van der Waals surface area contributed by atoms with Gasteiger partial charge in [0.25, 0.3) is 0 Å². The summed E-state index contributed by atoms with van der Waals surface area (Å²) in [6, 6.07) is 15.5. The number of benzene rings is 2. The van der Waals surface area contributed by atoms with Crippen molar-refractivity contribution in [1.29, 1.82) is 0 Å². The SMILES string of the molecule is CCCCN1CCC[C@@H]1COc1ccc(C(=O)c2ccc(Br)cc2)cc1. The van der Waals surface area contributed by atoms with Crippen molar-refractivity contribution in [1.82, 2.24) is 4.90 Å². The maximum atomic E-state index is 12.5. The van der Waals surface area contributed by atoms with Crippen LogP contribution in [0.15, 0.2) is 53.0 Å². The van der Waals surface area contributed by atoms with E-state index >= 15 is 0 Å². The minimum atomic E-state index is 0.0329. The molecule has 4 heteroatoms. The Bertz CT molecular complexity index is 712.